The maximum atomic E-state index is 15.5. The third kappa shape index (κ3) is 10.4. The van der Waals surface area contributed by atoms with Crippen LogP contribution in [0.3, 0.4) is 0 Å². The van der Waals surface area contributed by atoms with Gasteiger partial charge in [-0.1, -0.05) is 5.21 Å². The molecule has 0 radical (unpaired) electrons. The summed E-state index contributed by atoms with van der Waals surface area (Å²) in [7, 11) is 0. The number of anilines is 1. The van der Waals surface area contributed by atoms with E-state index in [4.69, 9.17) is 36.1 Å². The lowest BCUT2D eigenvalue weighted by Gasteiger charge is -2.48. The average molecular weight is 965 g/mol. The van der Waals surface area contributed by atoms with Gasteiger partial charge in [-0.05, 0) is 31.4 Å². The second kappa shape index (κ2) is 20.9. The molecule has 2 aromatic heterocycles. The Morgan fingerprint density at radius 3 is 2.24 bits per heavy atom. The Labute approximate surface area is 387 Å². The van der Waals surface area contributed by atoms with Gasteiger partial charge in [0.05, 0.1) is 42.1 Å². The maximum absolute atomic E-state index is 15.5. The maximum Gasteiger partial charge on any atom is 0.341 e. The molecule has 5 heterocycles. The fraction of sp³-hybridized carbons (Fsp3) is 0.690. The standard InChI is InChI=1S/C42H61FN10O15/c43-22-11-20-25(53(19-2-3-19)16-21(31(20)56)40(63)64)13-26(22)51-8-5-50(6-9-51)7-10-52-15-18(48-49-52)1-4-29(55)47-24-12-23(45)38(67-42-36(61)35(60)33(58)27(14-44)65-42)37(62)39(24)68-41-34(59)30(46)32(57)28(17-54)66-41/h11,13,15-16,19,23-24,27-28,30,32-39,41-42,54,57-62H,1-10,12,14,17,44-46H2,(H,47,55)(H,63,64)/t23-,24+,27+,28+,30-,32+,33+,34+,35-,36+,37-,38+,39-,41+,42+/m0/s1. The van der Waals surface area contributed by atoms with Crippen molar-refractivity contribution in [3.8, 4) is 0 Å². The van der Waals surface area contributed by atoms with E-state index in [1.165, 1.54) is 6.20 Å². The number of piperazine rings is 1. The fourth-order valence-electron chi connectivity index (χ4n) is 9.45. The predicted octanol–water partition coefficient (Wildman–Crippen LogP) is -5.60. The van der Waals surface area contributed by atoms with Gasteiger partial charge in [-0.2, -0.15) is 0 Å². The monoisotopic (exact) mass is 964 g/mol. The van der Waals surface area contributed by atoms with E-state index in [9.17, 15) is 55.2 Å². The summed E-state index contributed by atoms with van der Waals surface area (Å²) in [5.41, 5.74) is 18.4. The van der Waals surface area contributed by atoms with Crippen molar-refractivity contribution in [3.05, 3.63) is 51.8 Å². The van der Waals surface area contributed by atoms with Crippen LogP contribution in [0.2, 0.25) is 0 Å². The highest BCUT2D eigenvalue weighted by molar-refractivity contribution is 5.93. The zero-order valence-electron chi connectivity index (χ0n) is 37.0. The highest BCUT2D eigenvalue weighted by atomic mass is 19.1. The third-order valence-corrected chi connectivity index (χ3v) is 13.6. The molecule has 8 rings (SSSR count). The third-order valence-electron chi connectivity index (χ3n) is 13.6. The second-order valence-electron chi connectivity index (χ2n) is 18.2. The summed E-state index contributed by atoms with van der Waals surface area (Å²) in [6.45, 7) is 2.32. The van der Waals surface area contributed by atoms with Crippen molar-refractivity contribution in [2.45, 2.75) is 136 Å². The van der Waals surface area contributed by atoms with Crippen molar-refractivity contribution in [2.75, 3.05) is 50.8 Å². The SMILES string of the molecule is NC[C@H]1O[C@H](O[C@H]2[C@H](O)[C@@H](O[C@H]3O[C@H](CO)[C@@H](O)[C@H](N)[C@H]3O)[C@H](NC(=O)CCc3cn(CCN4CCN(c5cc6c(cc5F)c(=O)c(C(=O)O)cn6C5CC5)CC4)nn3)C[C@@H]2N)[C@H](O)[C@@H](O)[C@@H]1O. The number of rotatable bonds is 16. The number of hydrogen-bond acceptors (Lipinski definition) is 21. The molecule has 0 spiro atoms. The number of carbonyl (C=O) groups excluding carboxylic acids is 1. The quantitative estimate of drug-likeness (QED) is 0.0637. The number of aryl methyl sites for hydroxylation is 1. The summed E-state index contributed by atoms with van der Waals surface area (Å²) in [6, 6.07) is -0.596. The molecule has 1 amide bonds. The number of hydrogen-bond donors (Lipinski definition) is 12. The number of pyridine rings is 1. The van der Waals surface area contributed by atoms with Gasteiger partial charge in [-0.15, -0.1) is 5.10 Å². The number of amides is 1. The van der Waals surface area contributed by atoms with E-state index in [0.29, 0.717) is 56.2 Å². The molecule has 0 unspecified atom stereocenters. The Morgan fingerprint density at radius 2 is 1.56 bits per heavy atom. The van der Waals surface area contributed by atoms with Crippen molar-refractivity contribution in [1.29, 1.82) is 0 Å². The Balaban J connectivity index is 0.860. The summed E-state index contributed by atoms with van der Waals surface area (Å²) in [6.07, 6.45) is -13.6. The number of nitrogens with zero attached hydrogens (tertiary/aromatic N) is 6. The molecule has 3 aliphatic heterocycles. The first kappa shape index (κ1) is 50.0. The van der Waals surface area contributed by atoms with Gasteiger partial charge in [0.2, 0.25) is 11.3 Å². The van der Waals surface area contributed by atoms with Crippen molar-refractivity contribution in [2.24, 2.45) is 17.2 Å². The fourth-order valence-corrected chi connectivity index (χ4v) is 9.45. The van der Waals surface area contributed by atoms with Crippen molar-refractivity contribution in [3.63, 3.8) is 0 Å². The molecule has 3 saturated heterocycles. The number of aromatic carboxylic acids is 1. The van der Waals surface area contributed by atoms with E-state index in [1.807, 2.05) is 4.90 Å². The number of aliphatic hydroxyl groups excluding tert-OH is 7. The number of halogens is 1. The number of carboxylic acid groups (broad SMARTS) is 1. The molecule has 1 aromatic carbocycles. The summed E-state index contributed by atoms with van der Waals surface area (Å²) in [5.74, 6) is -2.45. The summed E-state index contributed by atoms with van der Waals surface area (Å²) < 4.78 is 42.1. The van der Waals surface area contributed by atoms with Crippen LogP contribution in [0, 0.1) is 5.82 Å². The molecule has 0 bridgehead atoms. The Kier molecular flexibility index (Phi) is 15.4. The number of carbonyl (C=O) groups is 2. The van der Waals surface area contributed by atoms with Crippen LogP contribution in [0.4, 0.5) is 10.1 Å². The predicted molar refractivity (Wildman–Crippen MR) is 232 cm³/mol. The largest absolute Gasteiger partial charge is 0.477 e. The van der Waals surface area contributed by atoms with Crippen LogP contribution >= 0.6 is 0 Å². The number of benzene rings is 1. The Bertz CT molecular complexity index is 2310. The molecule has 15 N–H and O–H groups in total. The molecule has 5 fully saturated rings. The first-order chi connectivity index (χ1) is 32.5. The van der Waals surface area contributed by atoms with Crippen LogP contribution < -0.4 is 32.8 Å². The molecule has 3 aromatic rings. The number of aliphatic hydroxyl groups is 7. The first-order valence-corrected chi connectivity index (χ1v) is 22.8. The van der Waals surface area contributed by atoms with Crippen molar-refractivity contribution < 1.29 is 73.8 Å². The number of nitrogens with one attached hydrogen (secondary N) is 1. The van der Waals surface area contributed by atoms with Crippen LogP contribution in [-0.4, -0.2) is 215 Å². The Hall–Kier alpha value is -4.36. The number of aromatic nitrogens is 4. The summed E-state index contributed by atoms with van der Waals surface area (Å²) in [4.78, 5) is 42.3. The van der Waals surface area contributed by atoms with E-state index < -0.39 is 121 Å². The molecule has 2 aliphatic carbocycles. The van der Waals surface area contributed by atoms with Gasteiger partial charge in [-0.3, -0.25) is 19.2 Å². The Morgan fingerprint density at radius 1 is 0.868 bits per heavy atom. The topological polar surface area (TPSA) is 382 Å². The van der Waals surface area contributed by atoms with Gasteiger partial charge in [-0.25, -0.2) is 9.18 Å². The van der Waals surface area contributed by atoms with Crippen LogP contribution in [0.1, 0.15) is 47.8 Å². The molecule has 15 atom stereocenters. The van der Waals surface area contributed by atoms with Crippen LogP contribution in [0.15, 0.2) is 29.3 Å². The minimum atomic E-state index is -1.78. The van der Waals surface area contributed by atoms with Gasteiger partial charge in [0.1, 0.15) is 72.4 Å². The van der Waals surface area contributed by atoms with Crippen LogP contribution in [-0.2, 0) is 36.7 Å². The summed E-state index contributed by atoms with van der Waals surface area (Å²) >= 11 is 0. The zero-order chi connectivity index (χ0) is 48.7. The van der Waals surface area contributed by atoms with E-state index in [0.717, 1.165) is 18.9 Å². The van der Waals surface area contributed by atoms with Crippen LogP contribution in [0.5, 0.6) is 0 Å². The lowest BCUT2D eigenvalue weighted by Crippen LogP contribution is -2.69. The van der Waals surface area contributed by atoms with Crippen molar-refractivity contribution >= 4 is 28.5 Å². The first-order valence-electron chi connectivity index (χ1n) is 22.8. The van der Waals surface area contributed by atoms with Gasteiger partial charge < -0.3 is 91.8 Å². The zero-order valence-corrected chi connectivity index (χ0v) is 37.0. The van der Waals surface area contributed by atoms with E-state index in [1.54, 1.807) is 21.5 Å². The number of carboxylic acids is 1. The van der Waals surface area contributed by atoms with Gasteiger partial charge >= 0.3 is 5.97 Å². The molecular formula is C42H61FN10O15. The highest BCUT2D eigenvalue weighted by Crippen LogP contribution is 2.38. The van der Waals surface area contributed by atoms with E-state index in [-0.39, 0.29) is 42.8 Å². The molecule has 68 heavy (non-hydrogen) atoms. The highest BCUT2D eigenvalue weighted by Gasteiger charge is 2.52. The smallest absolute Gasteiger partial charge is 0.341 e. The average Bonchev–Trinajstić information content (AvgIpc) is 4.07. The lowest BCUT2D eigenvalue weighted by molar-refractivity contribution is -0.332. The number of fused-ring (bicyclic) bond motifs is 1. The van der Waals surface area contributed by atoms with E-state index in [2.05, 4.69) is 20.5 Å². The van der Waals surface area contributed by atoms with Gasteiger partial charge in [0.25, 0.3) is 0 Å². The molecule has 5 aliphatic rings. The van der Waals surface area contributed by atoms with Gasteiger partial charge in [0, 0.05) is 82.0 Å². The molecule has 2 saturated carbocycles. The number of nitrogens with two attached hydrogens (primary N) is 3. The summed E-state index contributed by atoms with van der Waals surface area (Å²) in [5, 5.41) is 95.0. The van der Waals surface area contributed by atoms with Gasteiger partial charge in [0.15, 0.2) is 12.6 Å². The second-order valence-corrected chi connectivity index (χ2v) is 18.2. The van der Waals surface area contributed by atoms with Crippen molar-refractivity contribution in [1.82, 2.24) is 29.8 Å². The lowest BCUT2D eigenvalue weighted by atomic mass is 9.83. The van der Waals surface area contributed by atoms with E-state index >= 15 is 4.39 Å². The molecule has 25 nitrogen and oxygen atoms in total. The normalized spacial score (nSPS) is 34.9. The molecule has 26 heteroatoms. The molecule has 376 valence electrons. The van der Waals surface area contributed by atoms with Crippen LogP contribution in [0.25, 0.3) is 10.9 Å². The molecular weight excluding hydrogens is 904 g/mol. The minimum Gasteiger partial charge on any atom is -0.477 e. The number of ether oxygens (including phenoxy) is 4. The minimum absolute atomic E-state index is 0.0391.